The lowest BCUT2D eigenvalue weighted by Crippen LogP contribution is -2.09. The molecule has 4 rings (SSSR count). The second kappa shape index (κ2) is 4.91. The Morgan fingerprint density at radius 1 is 1.23 bits per heavy atom. The van der Waals surface area contributed by atoms with Gasteiger partial charge in [-0.25, -0.2) is 9.67 Å². The highest BCUT2D eigenvalue weighted by Crippen LogP contribution is 2.25. The molecule has 6 heteroatoms. The molecule has 110 valence electrons. The molecule has 0 aliphatic rings. The first-order valence-corrected chi connectivity index (χ1v) is 7.30. The van der Waals surface area contributed by atoms with E-state index in [2.05, 4.69) is 38.3 Å². The zero-order chi connectivity index (χ0) is 15.1. The average Bonchev–Trinajstić information content (AvgIpc) is 3.10. The number of aromatic nitrogens is 6. The van der Waals surface area contributed by atoms with E-state index in [0.717, 1.165) is 39.9 Å². The highest BCUT2D eigenvalue weighted by molar-refractivity contribution is 5.80. The Hall–Kier alpha value is -2.76. The maximum absolute atomic E-state index is 4.62. The third-order valence-electron chi connectivity index (χ3n) is 4.02. The van der Waals surface area contributed by atoms with Gasteiger partial charge in [-0.3, -0.25) is 10.1 Å². The Morgan fingerprint density at radius 2 is 2.14 bits per heavy atom. The molecule has 0 amide bonds. The average molecular weight is 292 g/mol. The maximum atomic E-state index is 4.62. The molecule has 0 saturated heterocycles. The monoisotopic (exact) mass is 292 g/mol. The molecule has 1 atom stereocenters. The van der Waals surface area contributed by atoms with Gasteiger partial charge in [-0.05, 0) is 25.1 Å². The highest BCUT2D eigenvalue weighted by Gasteiger charge is 2.16. The van der Waals surface area contributed by atoms with Crippen LogP contribution in [0.3, 0.4) is 0 Å². The number of aromatic amines is 1. The summed E-state index contributed by atoms with van der Waals surface area (Å²) in [5.74, 6) is 0.235. The van der Waals surface area contributed by atoms with Gasteiger partial charge in [0.2, 0.25) is 0 Å². The molecule has 4 heterocycles. The topological polar surface area (TPSA) is 72.3 Å². The van der Waals surface area contributed by atoms with Gasteiger partial charge in [-0.15, -0.1) is 0 Å². The number of fused-ring (bicyclic) bond motifs is 2. The normalized spacial score (nSPS) is 13.0. The summed E-state index contributed by atoms with van der Waals surface area (Å²) in [6, 6.07) is 5.91. The van der Waals surface area contributed by atoms with Gasteiger partial charge < -0.3 is 0 Å². The molecule has 0 aliphatic carbocycles. The minimum atomic E-state index is 0.235. The quantitative estimate of drug-likeness (QED) is 0.630. The Balaban J connectivity index is 1.73. The van der Waals surface area contributed by atoms with Crippen molar-refractivity contribution in [2.75, 3.05) is 0 Å². The van der Waals surface area contributed by atoms with E-state index in [0.29, 0.717) is 0 Å². The molecule has 22 heavy (non-hydrogen) atoms. The SMILES string of the molecule is Cc1nn(CC(C)c2[nH]nc3ccncc23)c2ncccc12. The highest BCUT2D eigenvalue weighted by atomic mass is 15.3. The van der Waals surface area contributed by atoms with E-state index in [9.17, 15) is 0 Å². The predicted octanol–water partition coefficient (Wildman–Crippen LogP) is 2.81. The van der Waals surface area contributed by atoms with Gasteiger partial charge >= 0.3 is 0 Å². The van der Waals surface area contributed by atoms with Gasteiger partial charge in [0.1, 0.15) is 0 Å². The van der Waals surface area contributed by atoms with Gasteiger partial charge in [0, 0.05) is 41.0 Å². The molecule has 0 saturated carbocycles. The second-order valence-corrected chi connectivity index (χ2v) is 5.57. The van der Waals surface area contributed by atoms with E-state index in [1.165, 1.54) is 0 Å². The van der Waals surface area contributed by atoms with Gasteiger partial charge in [-0.1, -0.05) is 6.92 Å². The Kier molecular flexibility index (Phi) is 2.89. The van der Waals surface area contributed by atoms with E-state index < -0.39 is 0 Å². The maximum Gasteiger partial charge on any atom is 0.157 e. The van der Waals surface area contributed by atoms with E-state index in [1.54, 1.807) is 12.4 Å². The summed E-state index contributed by atoms with van der Waals surface area (Å²) in [5.41, 5.74) is 3.96. The van der Waals surface area contributed by atoms with Gasteiger partial charge in [0.05, 0.1) is 17.8 Å². The molecule has 0 fully saturated rings. The van der Waals surface area contributed by atoms with Crippen molar-refractivity contribution >= 4 is 21.9 Å². The summed E-state index contributed by atoms with van der Waals surface area (Å²) in [6.45, 7) is 4.92. The largest absolute Gasteiger partial charge is 0.281 e. The molecule has 0 bridgehead atoms. The van der Waals surface area contributed by atoms with Crippen LogP contribution >= 0.6 is 0 Å². The van der Waals surface area contributed by atoms with Crippen molar-refractivity contribution in [3.8, 4) is 0 Å². The molecular weight excluding hydrogens is 276 g/mol. The van der Waals surface area contributed by atoms with Crippen LogP contribution in [0.4, 0.5) is 0 Å². The van der Waals surface area contributed by atoms with Crippen molar-refractivity contribution in [2.45, 2.75) is 26.3 Å². The van der Waals surface area contributed by atoms with E-state index in [1.807, 2.05) is 29.9 Å². The van der Waals surface area contributed by atoms with Gasteiger partial charge in [0.15, 0.2) is 5.65 Å². The van der Waals surface area contributed by atoms with E-state index >= 15 is 0 Å². The minimum absolute atomic E-state index is 0.235. The second-order valence-electron chi connectivity index (χ2n) is 5.57. The predicted molar refractivity (Wildman–Crippen MR) is 84.6 cm³/mol. The van der Waals surface area contributed by atoms with Gasteiger partial charge in [0.25, 0.3) is 0 Å². The standard InChI is InChI=1S/C16H16N6/c1-10(15-13-8-17-7-5-14(13)19-20-15)9-22-16-12(11(2)21-22)4-3-6-18-16/h3-8,10H,9H2,1-2H3,(H,19,20). The van der Waals surface area contributed by atoms with Crippen LogP contribution < -0.4 is 0 Å². The molecular formula is C16H16N6. The third-order valence-corrected chi connectivity index (χ3v) is 4.02. The van der Waals surface area contributed by atoms with Crippen molar-refractivity contribution in [2.24, 2.45) is 0 Å². The molecule has 1 N–H and O–H groups in total. The molecule has 1 unspecified atom stereocenters. The fourth-order valence-electron chi connectivity index (χ4n) is 2.89. The number of nitrogens with one attached hydrogen (secondary N) is 1. The molecule has 0 radical (unpaired) electrons. The molecule has 6 nitrogen and oxygen atoms in total. The van der Waals surface area contributed by atoms with E-state index in [4.69, 9.17) is 0 Å². The van der Waals surface area contributed by atoms with Crippen LogP contribution in [0.25, 0.3) is 21.9 Å². The summed E-state index contributed by atoms with van der Waals surface area (Å²) >= 11 is 0. The van der Waals surface area contributed by atoms with Crippen LogP contribution in [0, 0.1) is 6.92 Å². The number of pyridine rings is 2. The van der Waals surface area contributed by atoms with Crippen molar-refractivity contribution in [3.05, 3.63) is 48.2 Å². The van der Waals surface area contributed by atoms with Crippen LogP contribution in [-0.2, 0) is 6.54 Å². The van der Waals surface area contributed by atoms with Crippen LogP contribution in [0.15, 0.2) is 36.8 Å². The summed E-state index contributed by atoms with van der Waals surface area (Å²) in [6.07, 6.45) is 5.42. The van der Waals surface area contributed by atoms with Crippen LogP contribution in [0.2, 0.25) is 0 Å². The lowest BCUT2D eigenvalue weighted by atomic mass is 10.1. The van der Waals surface area contributed by atoms with Crippen molar-refractivity contribution < 1.29 is 0 Å². The first-order chi connectivity index (χ1) is 10.7. The zero-order valence-electron chi connectivity index (χ0n) is 12.5. The number of rotatable bonds is 3. The van der Waals surface area contributed by atoms with Crippen LogP contribution in [0.1, 0.15) is 24.2 Å². The summed E-state index contributed by atoms with van der Waals surface area (Å²) in [7, 11) is 0. The fraction of sp³-hybridized carbons (Fsp3) is 0.250. The zero-order valence-corrected chi connectivity index (χ0v) is 12.5. The number of hydrogen-bond donors (Lipinski definition) is 1. The molecule has 4 aromatic rings. The Bertz CT molecular complexity index is 952. The van der Waals surface area contributed by atoms with Crippen molar-refractivity contribution in [1.82, 2.24) is 29.9 Å². The molecule has 0 aromatic carbocycles. The Morgan fingerprint density at radius 3 is 3.05 bits per heavy atom. The molecule has 0 aliphatic heterocycles. The molecule has 0 spiro atoms. The van der Waals surface area contributed by atoms with Crippen LogP contribution in [0.5, 0.6) is 0 Å². The van der Waals surface area contributed by atoms with Crippen LogP contribution in [-0.4, -0.2) is 29.9 Å². The lowest BCUT2D eigenvalue weighted by Gasteiger charge is -2.10. The summed E-state index contributed by atoms with van der Waals surface area (Å²) < 4.78 is 1.97. The number of H-pyrrole nitrogens is 1. The number of aryl methyl sites for hydroxylation is 1. The smallest absolute Gasteiger partial charge is 0.157 e. The summed E-state index contributed by atoms with van der Waals surface area (Å²) in [5, 5.41) is 14.3. The fourth-order valence-corrected chi connectivity index (χ4v) is 2.89. The number of hydrogen-bond acceptors (Lipinski definition) is 4. The van der Waals surface area contributed by atoms with Crippen molar-refractivity contribution in [1.29, 1.82) is 0 Å². The molecule has 4 aromatic heterocycles. The first-order valence-electron chi connectivity index (χ1n) is 7.30. The number of nitrogens with zero attached hydrogens (tertiary/aromatic N) is 5. The minimum Gasteiger partial charge on any atom is -0.281 e. The first kappa shape index (κ1) is 12.9. The van der Waals surface area contributed by atoms with Crippen molar-refractivity contribution in [3.63, 3.8) is 0 Å². The van der Waals surface area contributed by atoms with E-state index in [-0.39, 0.29) is 5.92 Å². The summed E-state index contributed by atoms with van der Waals surface area (Å²) in [4.78, 5) is 8.66. The Labute approximate surface area is 127 Å². The van der Waals surface area contributed by atoms with Gasteiger partial charge in [-0.2, -0.15) is 10.2 Å². The third kappa shape index (κ3) is 1.95. The lowest BCUT2D eigenvalue weighted by molar-refractivity contribution is 0.544.